The fourth-order valence-corrected chi connectivity index (χ4v) is 3.28. The van der Waals surface area contributed by atoms with Gasteiger partial charge in [0.2, 0.25) is 0 Å². The van der Waals surface area contributed by atoms with Crippen molar-refractivity contribution in [1.82, 2.24) is 4.98 Å². The molecule has 0 spiro atoms. The van der Waals surface area contributed by atoms with E-state index in [1.807, 2.05) is 5.38 Å². The summed E-state index contributed by atoms with van der Waals surface area (Å²) in [5.74, 6) is 0.182. The maximum atomic E-state index is 10.9. The number of nitrogens with zero attached hydrogens (tertiary/aromatic N) is 1. The first-order valence-electron chi connectivity index (χ1n) is 7.98. The summed E-state index contributed by atoms with van der Waals surface area (Å²) in [6, 6.07) is 6.77. The third-order valence-electron chi connectivity index (χ3n) is 3.82. The van der Waals surface area contributed by atoms with Crippen LogP contribution < -0.4 is 0 Å². The van der Waals surface area contributed by atoms with Crippen molar-refractivity contribution < 1.29 is 14.6 Å². The Balaban J connectivity index is 1.70. The fourth-order valence-electron chi connectivity index (χ4n) is 2.57. The van der Waals surface area contributed by atoms with Crippen LogP contribution in [0.5, 0.6) is 0 Å². The molecule has 1 N–H and O–H groups in total. The summed E-state index contributed by atoms with van der Waals surface area (Å²) in [4.78, 5) is 15.5. The minimum absolute atomic E-state index is 0.0264. The Labute approximate surface area is 145 Å². The fraction of sp³-hybridized carbons (Fsp3) is 0.368. The molecule has 2 aromatic rings. The zero-order valence-corrected chi connectivity index (χ0v) is 14.9. The van der Waals surface area contributed by atoms with Gasteiger partial charge in [0.1, 0.15) is 17.4 Å². The van der Waals surface area contributed by atoms with Crippen LogP contribution in [-0.2, 0) is 11.3 Å². The van der Waals surface area contributed by atoms with E-state index < -0.39 is 5.97 Å². The number of aromatic nitrogens is 1. The first-order valence-corrected chi connectivity index (χ1v) is 8.86. The first-order chi connectivity index (χ1) is 11.3. The summed E-state index contributed by atoms with van der Waals surface area (Å²) in [6.07, 6.45) is 2.29. The Kier molecular flexibility index (Phi) is 4.45. The average Bonchev–Trinajstić information content (AvgIpc) is 3.23. The highest BCUT2D eigenvalue weighted by atomic mass is 32.1. The van der Waals surface area contributed by atoms with Crippen LogP contribution in [-0.4, -0.2) is 16.1 Å². The van der Waals surface area contributed by atoms with Crippen LogP contribution in [0.2, 0.25) is 0 Å². The molecule has 0 atom stereocenters. The second-order valence-electron chi connectivity index (χ2n) is 6.98. The lowest BCUT2D eigenvalue weighted by Gasteiger charge is -2.23. The molecule has 3 rings (SSSR count). The normalized spacial score (nSPS) is 13.7. The maximum Gasteiger partial charge on any atom is 0.335 e. The quantitative estimate of drug-likeness (QED) is 0.766. The smallest absolute Gasteiger partial charge is 0.335 e. The van der Waals surface area contributed by atoms with Crippen molar-refractivity contribution in [2.24, 2.45) is 5.41 Å². The molecule has 1 aromatic carbocycles. The molecule has 4 nitrogen and oxygen atoms in total. The molecule has 1 heterocycles. The van der Waals surface area contributed by atoms with Crippen molar-refractivity contribution in [3.8, 4) is 11.3 Å². The lowest BCUT2D eigenvalue weighted by atomic mass is 9.93. The Morgan fingerprint density at radius 2 is 1.92 bits per heavy atom. The largest absolute Gasteiger partial charge is 0.490 e. The van der Waals surface area contributed by atoms with Gasteiger partial charge in [-0.1, -0.05) is 32.9 Å². The third-order valence-corrected chi connectivity index (χ3v) is 4.64. The second kappa shape index (κ2) is 6.40. The molecule has 126 valence electrons. The molecule has 1 aliphatic carbocycles. The number of ether oxygens (including phenoxy) is 1. The molecular formula is C19H21NO3S. The maximum absolute atomic E-state index is 10.9. The number of allylic oxidation sites excluding steroid dienone is 2. The summed E-state index contributed by atoms with van der Waals surface area (Å²) in [6.45, 7) is 6.99. The monoisotopic (exact) mass is 343 g/mol. The van der Waals surface area contributed by atoms with Crippen LogP contribution in [0.15, 0.2) is 41.0 Å². The van der Waals surface area contributed by atoms with E-state index in [1.54, 1.807) is 35.6 Å². The number of hydrogen-bond donors (Lipinski definition) is 1. The van der Waals surface area contributed by atoms with Gasteiger partial charge in [-0.3, -0.25) is 0 Å². The number of aromatic carboxylic acids is 1. The molecule has 0 bridgehead atoms. The molecule has 24 heavy (non-hydrogen) atoms. The summed E-state index contributed by atoms with van der Waals surface area (Å²) in [5, 5.41) is 11.9. The zero-order chi connectivity index (χ0) is 17.3. The Hall–Kier alpha value is -2.14. The van der Waals surface area contributed by atoms with E-state index in [1.165, 1.54) is 5.57 Å². The molecule has 0 radical (unpaired) electrons. The lowest BCUT2D eigenvalue weighted by molar-refractivity contribution is 0.0697. The van der Waals surface area contributed by atoms with Crippen LogP contribution in [0.3, 0.4) is 0 Å². The SMILES string of the molecule is CC(C)(C)C(OCc1nc(-c2ccc(C(=O)O)cc2)cs1)=C1CC1. The van der Waals surface area contributed by atoms with Crippen molar-refractivity contribution in [1.29, 1.82) is 0 Å². The molecule has 0 unspecified atom stereocenters. The molecule has 1 saturated carbocycles. The molecule has 0 saturated heterocycles. The summed E-state index contributed by atoms with van der Waals surface area (Å²) < 4.78 is 6.07. The van der Waals surface area contributed by atoms with Crippen LogP contribution in [0.4, 0.5) is 0 Å². The van der Waals surface area contributed by atoms with Crippen molar-refractivity contribution >= 4 is 17.3 Å². The van der Waals surface area contributed by atoms with Gasteiger partial charge in [-0.25, -0.2) is 9.78 Å². The summed E-state index contributed by atoms with van der Waals surface area (Å²) in [7, 11) is 0. The lowest BCUT2D eigenvalue weighted by Crippen LogP contribution is -2.12. The van der Waals surface area contributed by atoms with Crippen molar-refractivity contribution in [3.63, 3.8) is 0 Å². The van der Waals surface area contributed by atoms with E-state index in [9.17, 15) is 4.79 Å². The molecule has 1 aromatic heterocycles. The number of carboxylic acids is 1. The molecule has 5 heteroatoms. The predicted octanol–water partition coefficient (Wildman–Crippen LogP) is 5.12. The highest BCUT2D eigenvalue weighted by molar-refractivity contribution is 7.09. The van der Waals surface area contributed by atoms with Gasteiger partial charge in [0, 0.05) is 16.4 Å². The van der Waals surface area contributed by atoms with E-state index in [0.717, 1.165) is 34.9 Å². The molecule has 1 fully saturated rings. The van der Waals surface area contributed by atoms with E-state index in [4.69, 9.17) is 9.84 Å². The van der Waals surface area contributed by atoms with Gasteiger partial charge in [0.05, 0.1) is 11.3 Å². The number of carbonyl (C=O) groups is 1. The minimum atomic E-state index is -0.920. The topological polar surface area (TPSA) is 59.4 Å². The van der Waals surface area contributed by atoms with Gasteiger partial charge in [-0.05, 0) is 30.5 Å². The van der Waals surface area contributed by atoms with Crippen molar-refractivity contribution in [3.05, 3.63) is 51.5 Å². The Morgan fingerprint density at radius 3 is 2.46 bits per heavy atom. The predicted molar refractivity (Wildman–Crippen MR) is 95.0 cm³/mol. The van der Waals surface area contributed by atoms with Gasteiger partial charge in [0.15, 0.2) is 0 Å². The summed E-state index contributed by atoms with van der Waals surface area (Å²) >= 11 is 1.56. The summed E-state index contributed by atoms with van der Waals surface area (Å²) in [5.41, 5.74) is 3.50. The highest BCUT2D eigenvalue weighted by Crippen LogP contribution is 2.41. The molecule has 1 aliphatic rings. The number of carboxylic acid groups (broad SMARTS) is 1. The van der Waals surface area contributed by atoms with Gasteiger partial charge in [-0.15, -0.1) is 11.3 Å². The minimum Gasteiger partial charge on any atom is -0.490 e. The Morgan fingerprint density at radius 1 is 1.25 bits per heavy atom. The molecule has 0 amide bonds. The van der Waals surface area contributed by atoms with Crippen molar-refractivity contribution in [2.75, 3.05) is 0 Å². The Bertz CT molecular complexity index is 776. The van der Waals surface area contributed by atoms with E-state index >= 15 is 0 Å². The number of benzene rings is 1. The van der Waals surface area contributed by atoms with E-state index in [2.05, 4.69) is 25.8 Å². The second-order valence-corrected chi connectivity index (χ2v) is 7.92. The van der Waals surface area contributed by atoms with Crippen LogP contribution in [0.25, 0.3) is 11.3 Å². The highest BCUT2D eigenvalue weighted by Gasteiger charge is 2.28. The van der Waals surface area contributed by atoms with Gasteiger partial charge < -0.3 is 9.84 Å². The number of hydrogen-bond acceptors (Lipinski definition) is 4. The van der Waals surface area contributed by atoms with Gasteiger partial charge >= 0.3 is 5.97 Å². The average molecular weight is 343 g/mol. The standard InChI is InChI=1S/C19H21NO3S/c1-19(2,3)17(13-6-7-13)23-10-16-20-15(11-24-16)12-4-8-14(9-5-12)18(21)22/h4-5,8-9,11H,6-7,10H2,1-3H3,(H,21,22). The van der Waals surface area contributed by atoms with Crippen molar-refractivity contribution in [2.45, 2.75) is 40.2 Å². The zero-order valence-electron chi connectivity index (χ0n) is 14.1. The van der Waals surface area contributed by atoms with Gasteiger partial charge in [-0.2, -0.15) is 0 Å². The van der Waals surface area contributed by atoms with Crippen LogP contribution >= 0.6 is 11.3 Å². The third kappa shape index (κ3) is 3.85. The number of thiazole rings is 1. The van der Waals surface area contributed by atoms with Crippen LogP contribution in [0.1, 0.15) is 49.0 Å². The van der Waals surface area contributed by atoms with E-state index in [-0.39, 0.29) is 11.0 Å². The first kappa shape index (κ1) is 16.7. The molecule has 0 aliphatic heterocycles. The van der Waals surface area contributed by atoms with Crippen LogP contribution in [0, 0.1) is 5.41 Å². The van der Waals surface area contributed by atoms with E-state index in [0.29, 0.717) is 6.61 Å². The molecular weight excluding hydrogens is 322 g/mol. The van der Waals surface area contributed by atoms with Gasteiger partial charge in [0.25, 0.3) is 0 Å². The number of rotatable bonds is 5.